The van der Waals surface area contributed by atoms with Crippen molar-refractivity contribution in [3.8, 4) is 0 Å². The standard InChI is InChI=1S/C8H8BrO2/c9-8-6(4-10)2-1-3-7(8)5-11/h1-4,10-11H,5H2. The van der Waals surface area contributed by atoms with E-state index in [4.69, 9.17) is 10.2 Å². The maximum Gasteiger partial charge on any atom is 0.110 e. The van der Waals surface area contributed by atoms with Crippen LogP contribution in [0.2, 0.25) is 0 Å². The molecule has 0 aliphatic rings. The van der Waals surface area contributed by atoms with Gasteiger partial charge >= 0.3 is 0 Å². The van der Waals surface area contributed by atoms with Crippen LogP contribution in [0.5, 0.6) is 0 Å². The fourth-order valence-electron chi connectivity index (χ4n) is 0.821. The van der Waals surface area contributed by atoms with Crippen LogP contribution >= 0.6 is 15.9 Å². The molecule has 1 aromatic rings. The Balaban J connectivity index is 3.10. The van der Waals surface area contributed by atoms with Crippen LogP contribution in [0.4, 0.5) is 0 Å². The Morgan fingerprint density at radius 2 is 2.18 bits per heavy atom. The molecule has 0 unspecified atom stereocenters. The van der Waals surface area contributed by atoms with Crippen molar-refractivity contribution in [2.45, 2.75) is 6.61 Å². The smallest absolute Gasteiger partial charge is 0.110 e. The normalized spacial score (nSPS) is 10.1. The van der Waals surface area contributed by atoms with Crippen LogP contribution in [0.15, 0.2) is 22.7 Å². The van der Waals surface area contributed by atoms with Crippen LogP contribution in [0, 0.1) is 6.61 Å². The number of aliphatic hydroxyl groups excluding tert-OH is 2. The first-order valence-corrected chi connectivity index (χ1v) is 3.94. The minimum absolute atomic E-state index is 0.0255. The zero-order chi connectivity index (χ0) is 8.27. The zero-order valence-electron chi connectivity index (χ0n) is 5.79. The molecule has 0 aliphatic carbocycles. The molecule has 0 saturated heterocycles. The van der Waals surface area contributed by atoms with Gasteiger partial charge in [0.25, 0.3) is 0 Å². The minimum Gasteiger partial charge on any atom is -0.392 e. The summed E-state index contributed by atoms with van der Waals surface area (Å²) in [6.45, 7) is 0.978. The van der Waals surface area contributed by atoms with E-state index in [0.29, 0.717) is 5.56 Å². The highest BCUT2D eigenvalue weighted by Gasteiger charge is 2.02. The first-order valence-electron chi connectivity index (χ1n) is 3.15. The number of hydrogen-bond donors (Lipinski definition) is 2. The van der Waals surface area contributed by atoms with Gasteiger partial charge in [-0.1, -0.05) is 34.1 Å². The second kappa shape index (κ2) is 3.85. The van der Waals surface area contributed by atoms with E-state index in [2.05, 4.69) is 15.9 Å². The van der Waals surface area contributed by atoms with Gasteiger partial charge in [-0.05, 0) is 11.1 Å². The van der Waals surface area contributed by atoms with Crippen molar-refractivity contribution in [3.63, 3.8) is 0 Å². The molecule has 2 nitrogen and oxygen atoms in total. The Morgan fingerprint density at radius 3 is 2.73 bits per heavy atom. The number of benzene rings is 1. The number of rotatable bonds is 2. The van der Waals surface area contributed by atoms with Gasteiger partial charge in [0.2, 0.25) is 0 Å². The number of aliphatic hydroxyl groups is 2. The van der Waals surface area contributed by atoms with Crippen molar-refractivity contribution in [1.82, 2.24) is 0 Å². The molecule has 11 heavy (non-hydrogen) atoms. The molecule has 2 N–H and O–H groups in total. The molecule has 0 amide bonds. The quantitative estimate of drug-likeness (QED) is 0.791. The summed E-state index contributed by atoms with van der Waals surface area (Å²) < 4.78 is 0.741. The molecule has 0 aliphatic heterocycles. The van der Waals surface area contributed by atoms with Gasteiger partial charge in [-0.25, -0.2) is 0 Å². The lowest BCUT2D eigenvalue weighted by Gasteiger charge is -2.03. The molecule has 0 spiro atoms. The third kappa shape index (κ3) is 1.80. The summed E-state index contributed by atoms with van der Waals surface area (Å²) >= 11 is 3.25. The molecule has 0 atom stereocenters. The van der Waals surface area contributed by atoms with E-state index in [-0.39, 0.29) is 6.61 Å². The lowest BCUT2D eigenvalue weighted by Crippen LogP contribution is -1.89. The summed E-state index contributed by atoms with van der Waals surface area (Å²) in [6, 6.07) is 5.32. The van der Waals surface area contributed by atoms with Gasteiger partial charge in [-0.15, -0.1) is 0 Å². The summed E-state index contributed by atoms with van der Waals surface area (Å²) in [5, 5.41) is 17.5. The molecule has 1 rings (SSSR count). The summed E-state index contributed by atoms with van der Waals surface area (Å²) in [4.78, 5) is 0. The summed E-state index contributed by atoms with van der Waals surface area (Å²) in [5.74, 6) is 0. The maximum absolute atomic E-state index is 8.81. The Labute approximate surface area is 73.6 Å². The SMILES string of the molecule is O[CH]c1cccc(CO)c1Br. The molecule has 0 fully saturated rings. The molecular weight excluding hydrogens is 208 g/mol. The van der Waals surface area contributed by atoms with Gasteiger partial charge in [0.15, 0.2) is 0 Å². The van der Waals surface area contributed by atoms with E-state index in [1.807, 2.05) is 0 Å². The van der Waals surface area contributed by atoms with Crippen LogP contribution in [0.3, 0.4) is 0 Å². The highest BCUT2D eigenvalue weighted by Crippen LogP contribution is 2.22. The largest absolute Gasteiger partial charge is 0.392 e. The van der Waals surface area contributed by atoms with E-state index in [0.717, 1.165) is 16.6 Å². The lowest BCUT2D eigenvalue weighted by molar-refractivity contribution is 0.281. The van der Waals surface area contributed by atoms with Crippen molar-refractivity contribution in [1.29, 1.82) is 0 Å². The summed E-state index contributed by atoms with van der Waals surface area (Å²) in [6.07, 6.45) is 0. The number of halogens is 1. The van der Waals surface area contributed by atoms with E-state index in [1.165, 1.54) is 0 Å². The molecule has 0 bridgehead atoms. The van der Waals surface area contributed by atoms with Gasteiger partial charge < -0.3 is 10.2 Å². The van der Waals surface area contributed by atoms with Gasteiger partial charge in [-0.2, -0.15) is 0 Å². The fourth-order valence-corrected chi connectivity index (χ4v) is 1.31. The molecule has 1 radical (unpaired) electrons. The Morgan fingerprint density at radius 1 is 1.45 bits per heavy atom. The van der Waals surface area contributed by atoms with Gasteiger partial charge in [0.1, 0.15) is 6.61 Å². The maximum atomic E-state index is 8.81. The van der Waals surface area contributed by atoms with Crippen LogP contribution < -0.4 is 0 Å². The predicted molar refractivity (Wildman–Crippen MR) is 45.4 cm³/mol. The van der Waals surface area contributed by atoms with Crippen molar-refractivity contribution >= 4 is 15.9 Å². The second-order valence-electron chi connectivity index (χ2n) is 2.11. The minimum atomic E-state index is -0.0255. The monoisotopic (exact) mass is 215 g/mol. The number of hydrogen-bond acceptors (Lipinski definition) is 2. The molecular formula is C8H8BrO2. The van der Waals surface area contributed by atoms with Crippen molar-refractivity contribution in [2.75, 3.05) is 0 Å². The van der Waals surface area contributed by atoms with E-state index < -0.39 is 0 Å². The average Bonchev–Trinajstić information content (AvgIpc) is 2.05. The molecule has 0 heterocycles. The van der Waals surface area contributed by atoms with Crippen molar-refractivity contribution < 1.29 is 10.2 Å². The Hall–Kier alpha value is -0.380. The molecule has 3 heteroatoms. The van der Waals surface area contributed by atoms with Crippen LogP contribution in [0.25, 0.3) is 0 Å². The second-order valence-corrected chi connectivity index (χ2v) is 2.90. The van der Waals surface area contributed by atoms with Crippen LogP contribution in [-0.4, -0.2) is 10.2 Å². The van der Waals surface area contributed by atoms with Crippen LogP contribution in [-0.2, 0) is 6.61 Å². The van der Waals surface area contributed by atoms with Crippen LogP contribution in [0.1, 0.15) is 11.1 Å². The zero-order valence-corrected chi connectivity index (χ0v) is 7.37. The Bertz CT molecular complexity index is 226. The highest BCUT2D eigenvalue weighted by atomic mass is 79.9. The highest BCUT2D eigenvalue weighted by molar-refractivity contribution is 9.10. The van der Waals surface area contributed by atoms with Gasteiger partial charge in [-0.3, -0.25) is 0 Å². The van der Waals surface area contributed by atoms with Gasteiger partial charge in [0.05, 0.1) is 6.61 Å². The van der Waals surface area contributed by atoms with Crippen molar-refractivity contribution in [2.24, 2.45) is 0 Å². The van der Waals surface area contributed by atoms with E-state index >= 15 is 0 Å². The fraction of sp³-hybridized carbons (Fsp3) is 0.125. The molecule has 0 saturated carbocycles. The van der Waals surface area contributed by atoms with E-state index in [1.54, 1.807) is 18.2 Å². The summed E-state index contributed by atoms with van der Waals surface area (Å²) in [7, 11) is 0. The predicted octanol–water partition coefficient (Wildman–Crippen LogP) is 1.82. The molecule has 1 aromatic carbocycles. The summed E-state index contributed by atoms with van der Waals surface area (Å²) in [5.41, 5.74) is 1.45. The van der Waals surface area contributed by atoms with Gasteiger partial charge in [0, 0.05) is 4.47 Å². The van der Waals surface area contributed by atoms with E-state index in [9.17, 15) is 0 Å². The first-order chi connectivity index (χ1) is 5.29. The Kier molecular flexibility index (Phi) is 3.05. The third-order valence-electron chi connectivity index (χ3n) is 1.42. The lowest BCUT2D eigenvalue weighted by atomic mass is 10.1. The molecule has 0 aromatic heterocycles. The topological polar surface area (TPSA) is 40.5 Å². The average molecular weight is 216 g/mol. The molecule has 59 valence electrons. The first kappa shape index (κ1) is 8.71. The van der Waals surface area contributed by atoms with Crippen molar-refractivity contribution in [3.05, 3.63) is 40.4 Å². The third-order valence-corrected chi connectivity index (χ3v) is 2.39.